The zero-order valence-corrected chi connectivity index (χ0v) is 9.28. The lowest BCUT2D eigenvalue weighted by atomic mass is 9.88. The molecule has 0 spiro atoms. The first kappa shape index (κ1) is 10.5. The van der Waals surface area contributed by atoms with Gasteiger partial charge in [-0.25, -0.2) is 0 Å². The van der Waals surface area contributed by atoms with Crippen LogP contribution in [-0.2, 0) is 12.6 Å². The van der Waals surface area contributed by atoms with Gasteiger partial charge in [0.25, 0.3) is 0 Å². The third-order valence-corrected chi connectivity index (χ3v) is 2.81. The summed E-state index contributed by atoms with van der Waals surface area (Å²) in [6.45, 7) is 0. The number of alkyl halides is 1. The molecule has 1 heterocycles. The van der Waals surface area contributed by atoms with Crippen LogP contribution in [0.4, 0.5) is 0 Å². The van der Waals surface area contributed by atoms with Gasteiger partial charge in [-0.3, -0.25) is 0 Å². The van der Waals surface area contributed by atoms with Gasteiger partial charge in [0.05, 0.1) is 5.54 Å². The molecule has 15 heavy (non-hydrogen) atoms. The van der Waals surface area contributed by atoms with Crippen LogP contribution in [0, 0.1) is 0 Å². The van der Waals surface area contributed by atoms with Gasteiger partial charge in [-0.2, -0.15) is 0 Å². The maximum absolute atomic E-state index is 6.21. The molecule has 0 amide bonds. The molecule has 0 saturated heterocycles. The summed E-state index contributed by atoms with van der Waals surface area (Å²) in [5, 5.41) is 0. The fourth-order valence-corrected chi connectivity index (χ4v) is 1.72. The van der Waals surface area contributed by atoms with Crippen molar-refractivity contribution < 1.29 is 0 Å². The molecule has 0 aromatic carbocycles. The van der Waals surface area contributed by atoms with E-state index in [1.807, 2.05) is 42.2 Å². The first-order chi connectivity index (χ1) is 6.91. The molecule has 4 heteroatoms. The largest absolute Gasteiger partial charge is 0.357 e. The molecule has 0 atom stereocenters. The highest BCUT2D eigenvalue weighted by molar-refractivity contribution is 6.26. The van der Waals surface area contributed by atoms with Crippen molar-refractivity contribution in [2.24, 2.45) is 18.5 Å². The lowest BCUT2D eigenvalue weighted by Gasteiger charge is -2.28. The third kappa shape index (κ3) is 2.00. The number of hydrogen-bond acceptors (Lipinski definition) is 2. The summed E-state index contributed by atoms with van der Waals surface area (Å²) in [5.74, 6) is 0. The van der Waals surface area contributed by atoms with E-state index >= 15 is 0 Å². The first-order valence-corrected chi connectivity index (χ1v) is 5.09. The lowest BCUT2D eigenvalue weighted by molar-refractivity contribution is 0.677. The summed E-state index contributed by atoms with van der Waals surface area (Å²) in [5.41, 5.74) is 12.3. The second-order valence-electron chi connectivity index (χ2n) is 3.99. The molecule has 1 aliphatic carbocycles. The van der Waals surface area contributed by atoms with E-state index in [1.165, 1.54) is 0 Å². The van der Waals surface area contributed by atoms with E-state index in [9.17, 15) is 0 Å². The van der Waals surface area contributed by atoms with Gasteiger partial charge in [-0.1, -0.05) is 23.8 Å². The molecule has 80 valence electrons. The Morgan fingerprint density at radius 1 is 1.20 bits per heavy atom. The molecule has 0 fully saturated rings. The number of nitrogens with zero attached hydrogens (tertiary/aromatic N) is 1. The Morgan fingerprint density at radius 2 is 1.80 bits per heavy atom. The monoisotopic (exact) mass is 223 g/mol. The van der Waals surface area contributed by atoms with Gasteiger partial charge in [0.1, 0.15) is 5.00 Å². The van der Waals surface area contributed by atoms with Gasteiger partial charge in [0.15, 0.2) is 0 Å². The molecule has 0 saturated carbocycles. The van der Waals surface area contributed by atoms with Crippen molar-refractivity contribution in [3.63, 3.8) is 0 Å². The number of aryl methyl sites for hydroxylation is 1. The highest BCUT2D eigenvalue weighted by atomic mass is 35.5. The molecule has 3 nitrogen and oxygen atoms in total. The van der Waals surface area contributed by atoms with Crippen LogP contribution in [-0.4, -0.2) is 9.57 Å². The number of hydrogen-bond donors (Lipinski definition) is 2. The molecular weight excluding hydrogens is 210 g/mol. The predicted molar refractivity (Wildman–Crippen MR) is 62.3 cm³/mol. The zero-order chi connectivity index (χ0) is 11.1. The molecule has 0 unspecified atom stereocenters. The van der Waals surface area contributed by atoms with Gasteiger partial charge in [0, 0.05) is 19.4 Å². The van der Waals surface area contributed by atoms with Crippen LogP contribution < -0.4 is 11.5 Å². The fraction of sp³-hybridized carbons (Fsp3) is 0.273. The van der Waals surface area contributed by atoms with Crippen molar-refractivity contribution in [2.45, 2.75) is 10.5 Å². The molecular formula is C11H14ClN3. The maximum atomic E-state index is 6.21. The topological polar surface area (TPSA) is 57.0 Å². The number of nitrogens with two attached hydrogens (primary N) is 2. The van der Waals surface area contributed by atoms with Gasteiger partial charge in [0.2, 0.25) is 0 Å². The van der Waals surface area contributed by atoms with Crippen molar-refractivity contribution in [1.29, 1.82) is 0 Å². The Labute approximate surface area is 94.0 Å². The van der Waals surface area contributed by atoms with Crippen LogP contribution in [0.2, 0.25) is 0 Å². The SMILES string of the molecule is Cn1ccc(C2(N)C=CC(N)(Cl)C=C2)c1. The Morgan fingerprint density at radius 3 is 2.27 bits per heavy atom. The van der Waals surface area contributed by atoms with Crippen molar-refractivity contribution in [3.05, 3.63) is 48.3 Å². The zero-order valence-electron chi connectivity index (χ0n) is 8.52. The number of halogens is 1. The third-order valence-electron chi connectivity index (χ3n) is 2.56. The fourth-order valence-electron chi connectivity index (χ4n) is 1.59. The summed E-state index contributed by atoms with van der Waals surface area (Å²) < 4.78 is 1.95. The van der Waals surface area contributed by atoms with Crippen LogP contribution >= 0.6 is 11.6 Å². The summed E-state index contributed by atoms with van der Waals surface area (Å²) >= 11 is 5.94. The summed E-state index contributed by atoms with van der Waals surface area (Å²) in [6.07, 6.45) is 11.0. The standard InChI is InChI=1S/C11H14ClN3/c1-15-7-2-9(8-15)10(13)3-5-11(12,14)6-4-10/h2-8H,13-14H2,1H3. The van der Waals surface area contributed by atoms with Crippen LogP contribution in [0.25, 0.3) is 0 Å². The van der Waals surface area contributed by atoms with E-state index in [-0.39, 0.29) is 0 Å². The summed E-state index contributed by atoms with van der Waals surface area (Å²) in [4.78, 5) is -0.905. The smallest absolute Gasteiger partial charge is 0.128 e. The van der Waals surface area contributed by atoms with Gasteiger partial charge in [-0.05, 0) is 23.8 Å². The molecule has 0 aliphatic heterocycles. The van der Waals surface area contributed by atoms with Crippen LogP contribution in [0.3, 0.4) is 0 Å². The Hall–Kier alpha value is -1.03. The molecule has 4 N–H and O–H groups in total. The minimum atomic E-state index is -0.905. The first-order valence-electron chi connectivity index (χ1n) is 4.71. The van der Waals surface area contributed by atoms with Crippen molar-refractivity contribution in [3.8, 4) is 0 Å². The number of rotatable bonds is 1. The average molecular weight is 224 g/mol. The summed E-state index contributed by atoms with van der Waals surface area (Å²) in [6, 6.07) is 1.98. The van der Waals surface area contributed by atoms with Crippen molar-refractivity contribution >= 4 is 11.6 Å². The minimum Gasteiger partial charge on any atom is -0.357 e. The van der Waals surface area contributed by atoms with E-state index < -0.39 is 10.5 Å². The van der Waals surface area contributed by atoms with Crippen LogP contribution in [0.15, 0.2) is 42.8 Å². The number of aromatic nitrogens is 1. The molecule has 0 radical (unpaired) electrons. The summed E-state index contributed by atoms with van der Waals surface area (Å²) in [7, 11) is 1.96. The van der Waals surface area contributed by atoms with E-state index in [1.54, 1.807) is 12.2 Å². The second kappa shape index (κ2) is 3.23. The van der Waals surface area contributed by atoms with Gasteiger partial charge in [-0.15, -0.1) is 0 Å². The van der Waals surface area contributed by atoms with Gasteiger partial charge < -0.3 is 16.0 Å². The van der Waals surface area contributed by atoms with E-state index in [2.05, 4.69) is 0 Å². The lowest BCUT2D eigenvalue weighted by Crippen LogP contribution is -2.39. The quantitative estimate of drug-likeness (QED) is 0.427. The van der Waals surface area contributed by atoms with E-state index in [0.717, 1.165) is 5.56 Å². The molecule has 1 aromatic heterocycles. The average Bonchev–Trinajstić information content (AvgIpc) is 2.59. The molecule has 2 rings (SSSR count). The van der Waals surface area contributed by atoms with Crippen molar-refractivity contribution in [2.75, 3.05) is 0 Å². The normalized spacial score (nSPS) is 34.7. The Balaban J connectivity index is 2.35. The van der Waals surface area contributed by atoms with Crippen molar-refractivity contribution in [1.82, 2.24) is 4.57 Å². The van der Waals surface area contributed by atoms with Crippen LogP contribution in [0.5, 0.6) is 0 Å². The highest BCUT2D eigenvalue weighted by Gasteiger charge is 2.28. The molecule has 1 aliphatic rings. The maximum Gasteiger partial charge on any atom is 0.128 e. The van der Waals surface area contributed by atoms with E-state index in [4.69, 9.17) is 23.1 Å². The second-order valence-corrected chi connectivity index (χ2v) is 4.65. The van der Waals surface area contributed by atoms with E-state index in [0.29, 0.717) is 0 Å². The molecule has 0 bridgehead atoms. The Kier molecular flexibility index (Phi) is 2.26. The highest BCUT2D eigenvalue weighted by Crippen LogP contribution is 2.29. The minimum absolute atomic E-state index is 0.598. The van der Waals surface area contributed by atoms with Gasteiger partial charge >= 0.3 is 0 Å². The van der Waals surface area contributed by atoms with Crippen LogP contribution in [0.1, 0.15) is 5.56 Å². The predicted octanol–water partition coefficient (Wildman–Crippen LogP) is 1.20. The Bertz CT molecular complexity index is 413. The molecule has 1 aromatic rings.